The Morgan fingerprint density at radius 3 is 1.71 bits per heavy atom. The Bertz CT molecular complexity index is 330. The van der Waals surface area contributed by atoms with Gasteiger partial charge >= 0.3 is 0 Å². The molecule has 0 saturated heterocycles. The van der Waals surface area contributed by atoms with E-state index in [0.29, 0.717) is 4.48 Å². The van der Waals surface area contributed by atoms with Crippen molar-refractivity contribution in [1.82, 2.24) is 0 Å². The number of rotatable bonds is 16. The molecule has 1 aliphatic heterocycles. The lowest BCUT2D eigenvalue weighted by Gasteiger charge is -2.27. The predicted molar refractivity (Wildman–Crippen MR) is 105 cm³/mol. The van der Waals surface area contributed by atoms with Crippen LogP contribution in [0.15, 0.2) is 4.99 Å². The average molecular weight is 340 g/mol. The lowest BCUT2D eigenvalue weighted by Crippen LogP contribution is -2.47. The van der Waals surface area contributed by atoms with Crippen molar-refractivity contribution in [3.63, 3.8) is 0 Å². The molecular weight excluding hydrogens is 296 g/mol. The maximum absolute atomic E-state index is 9.50. The highest BCUT2D eigenvalue weighted by atomic mass is 16.3. The molecule has 1 unspecified atom stereocenters. The van der Waals surface area contributed by atoms with Crippen LogP contribution in [0.2, 0.25) is 0 Å². The molecule has 1 N–H and O–H groups in total. The van der Waals surface area contributed by atoms with Crippen molar-refractivity contribution in [3.8, 4) is 0 Å². The van der Waals surface area contributed by atoms with Gasteiger partial charge in [0.2, 0.25) is 0 Å². The van der Waals surface area contributed by atoms with E-state index in [1.54, 1.807) is 0 Å². The number of aliphatic hydroxyl groups excluding tert-OH is 1. The first-order chi connectivity index (χ1) is 11.7. The van der Waals surface area contributed by atoms with Crippen LogP contribution in [0.4, 0.5) is 0 Å². The highest BCUT2D eigenvalue weighted by Crippen LogP contribution is 2.17. The molecule has 0 aromatic rings. The molecule has 3 nitrogen and oxygen atoms in total. The number of hydrogen-bond donors (Lipinski definition) is 1. The number of likely N-dealkylation sites (N-methyl/N-ethyl adjacent to an activating group) is 1. The third-order valence-corrected chi connectivity index (χ3v) is 5.58. The number of unbranched alkanes of at least 4 members (excludes halogenated alkanes) is 13. The first-order valence-electron chi connectivity index (χ1n) is 10.7. The van der Waals surface area contributed by atoms with Crippen molar-refractivity contribution in [1.29, 1.82) is 0 Å². The minimum Gasteiger partial charge on any atom is -0.347 e. The molecular formula is C21H43N2O+. The Labute approximate surface area is 151 Å². The van der Waals surface area contributed by atoms with Crippen molar-refractivity contribution in [2.24, 2.45) is 4.99 Å². The Hall–Kier alpha value is -0.410. The van der Waals surface area contributed by atoms with E-state index < -0.39 is 0 Å². The molecule has 1 rings (SSSR count). The van der Waals surface area contributed by atoms with Crippen LogP contribution < -0.4 is 0 Å². The van der Waals surface area contributed by atoms with Gasteiger partial charge in [-0.25, -0.2) is 4.99 Å². The molecule has 0 radical (unpaired) electrons. The second kappa shape index (κ2) is 13.8. The third kappa shape index (κ3) is 9.17. The molecule has 1 heterocycles. The molecule has 0 aromatic heterocycles. The molecule has 142 valence electrons. The van der Waals surface area contributed by atoms with Crippen molar-refractivity contribution in [3.05, 3.63) is 0 Å². The second-order valence-corrected chi connectivity index (χ2v) is 7.91. The number of hydrogen-bond acceptors (Lipinski definition) is 2. The van der Waals surface area contributed by atoms with Gasteiger partial charge in [0, 0.05) is 6.42 Å². The second-order valence-electron chi connectivity index (χ2n) is 7.91. The summed E-state index contributed by atoms with van der Waals surface area (Å²) in [6, 6.07) is 0. The zero-order valence-electron chi connectivity index (χ0n) is 16.6. The third-order valence-electron chi connectivity index (χ3n) is 5.58. The summed E-state index contributed by atoms with van der Waals surface area (Å²) in [6.45, 7) is 4.36. The molecule has 0 fully saturated rings. The van der Waals surface area contributed by atoms with Gasteiger partial charge in [0.1, 0.15) is 6.54 Å². The molecule has 0 aliphatic carbocycles. The van der Waals surface area contributed by atoms with Crippen molar-refractivity contribution in [2.75, 3.05) is 26.9 Å². The minimum absolute atomic E-state index is 0.206. The Morgan fingerprint density at radius 2 is 1.25 bits per heavy atom. The largest absolute Gasteiger partial charge is 0.347 e. The summed E-state index contributed by atoms with van der Waals surface area (Å²) in [7, 11) is 2.11. The Balaban J connectivity index is 1.81. The van der Waals surface area contributed by atoms with Crippen molar-refractivity contribution >= 4 is 5.84 Å². The molecule has 0 saturated carbocycles. The molecule has 0 bridgehead atoms. The molecule has 0 amide bonds. The van der Waals surface area contributed by atoms with E-state index in [-0.39, 0.29) is 6.73 Å². The summed E-state index contributed by atoms with van der Waals surface area (Å²) < 4.78 is 0.665. The summed E-state index contributed by atoms with van der Waals surface area (Å²) in [5.41, 5.74) is 0. The topological polar surface area (TPSA) is 32.6 Å². The van der Waals surface area contributed by atoms with E-state index >= 15 is 0 Å². The van der Waals surface area contributed by atoms with Gasteiger partial charge in [0.05, 0.1) is 13.6 Å². The number of aliphatic imine (C=N–C) groups is 1. The number of amidine groups is 1. The van der Waals surface area contributed by atoms with Crippen LogP contribution >= 0.6 is 0 Å². The van der Waals surface area contributed by atoms with E-state index in [0.717, 1.165) is 19.5 Å². The SMILES string of the molecule is CCCCCCCCCCCCCCCCC1=NCC[N+]1(C)CO. The fourth-order valence-corrected chi connectivity index (χ4v) is 3.68. The fraction of sp³-hybridized carbons (Fsp3) is 0.952. The van der Waals surface area contributed by atoms with Crippen molar-refractivity contribution in [2.45, 2.75) is 103 Å². The zero-order valence-corrected chi connectivity index (χ0v) is 16.6. The van der Waals surface area contributed by atoms with E-state index in [2.05, 4.69) is 19.0 Å². The number of quaternary nitrogens is 1. The Morgan fingerprint density at radius 1 is 0.792 bits per heavy atom. The minimum atomic E-state index is 0.206. The lowest BCUT2D eigenvalue weighted by atomic mass is 10.0. The first-order valence-corrected chi connectivity index (χ1v) is 10.7. The van der Waals surface area contributed by atoms with Crippen LogP contribution in [0.25, 0.3) is 0 Å². The summed E-state index contributed by atoms with van der Waals surface area (Å²) in [4.78, 5) is 4.59. The van der Waals surface area contributed by atoms with Crippen LogP contribution in [-0.2, 0) is 0 Å². The van der Waals surface area contributed by atoms with Gasteiger partial charge in [0.25, 0.3) is 0 Å². The van der Waals surface area contributed by atoms with Gasteiger partial charge in [0.15, 0.2) is 12.6 Å². The Kier molecular flexibility index (Phi) is 12.5. The maximum atomic E-state index is 9.50. The zero-order chi connectivity index (χ0) is 17.5. The summed E-state index contributed by atoms with van der Waals surface area (Å²) in [5, 5.41) is 9.50. The van der Waals surface area contributed by atoms with Gasteiger partial charge in [-0.2, -0.15) is 0 Å². The molecule has 1 atom stereocenters. The van der Waals surface area contributed by atoms with E-state index in [1.165, 1.54) is 95.7 Å². The van der Waals surface area contributed by atoms with Gasteiger partial charge in [-0.15, -0.1) is 0 Å². The number of nitrogens with zero attached hydrogens (tertiary/aromatic N) is 2. The van der Waals surface area contributed by atoms with E-state index in [1.807, 2.05) is 0 Å². The highest BCUT2D eigenvalue weighted by molar-refractivity contribution is 5.76. The quantitative estimate of drug-likeness (QED) is 0.285. The average Bonchev–Trinajstić information content (AvgIpc) is 2.96. The van der Waals surface area contributed by atoms with Crippen LogP contribution in [0, 0.1) is 0 Å². The fourth-order valence-electron chi connectivity index (χ4n) is 3.68. The summed E-state index contributed by atoms with van der Waals surface area (Å²) in [5.74, 6) is 1.22. The molecule has 1 aliphatic rings. The molecule has 3 heteroatoms. The lowest BCUT2D eigenvalue weighted by molar-refractivity contribution is -0.836. The maximum Gasteiger partial charge on any atom is 0.200 e. The standard InChI is InChI=1S/C21H43N2O/c1-3-4-5-6-7-8-9-10-11-12-13-14-15-16-17-21-22-18-19-23(21,2)20-24/h24H,3-20H2,1-2H3/q+1. The van der Waals surface area contributed by atoms with Crippen LogP contribution in [0.5, 0.6) is 0 Å². The summed E-state index contributed by atoms with van der Waals surface area (Å²) >= 11 is 0. The van der Waals surface area contributed by atoms with Crippen LogP contribution in [0.3, 0.4) is 0 Å². The highest BCUT2D eigenvalue weighted by Gasteiger charge is 2.31. The van der Waals surface area contributed by atoms with E-state index in [9.17, 15) is 5.11 Å². The van der Waals surface area contributed by atoms with E-state index in [4.69, 9.17) is 0 Å². The van der Waals surface area contributed by atoms with Gasteiger partial charge in [-0.1, -0.05) is 90.4 Å². The van der Waals surface area contributed by atoms with Crippen molar-refractivity contribution < 1.29 is 9.59 Å². The number of aliphatic hydroxyl groups is 1. The van der Waals surface area contributed by atoms with Gasteiger partial charge in [-0.05, 0) is 6.42 Å². The predicted octanol–water partition coefficient (Wildman–Crippen LogP) is 5.67. The van der Waals surface area contributed by atoms with Gasteiger partial charge in [-0.3, -0.25) is 4.48 Å². The van der Waals surface area contributed by atoms with Gasteiger partial charge < -0.3 is 5.11 Å². The monoisotopic (exact) mass is 339 g/mol. The smallest absolute Gasteiger partial charge is 0.200 e. The summed E-state index contributed by atoms with van der Waals surface area (Å²) in [6.07, 6.45) is 20.7. The molecule has 24 heavy (non-hydrogen) atoms. The first kappa shape index (κ1) is 21.6. The van der Waals surface area contributed by atoms with Crippen LogP contribution in [0.1, 0.15) is 103 Å². The molecule has 0 spiro atoms. The normalized spacial score (nSPS) is 20.5. The molecule has 0 aromatic carbocycles. The van der Waals surface area contributed by atoms with Crippen LogP contribution in [-0.4, -0.2) is 42.3 Å².